The Morgan fingerprint density at radius 2 is 2.10 bits per heavy atom. The van der Waals surface area contributed by atoms with E-state index in [0.29, 0.717) is 6.42 Å². The van der Waals surface area contributed by atoms with Gasteiger partial charge in [0.15, 0.2) is 0 Å². The smallest absolute Gasteiger partial charge is 0.408 e. The molecule has 1 aromatic rings. The molecular weight excluding hydrogens is 256 g/mol. The number of hydrogen-bond donors (Lipinski definition) is 2. The molecule has 0 aliphatic carbocycles. The summed E-state index contributed by atoms with van der Waals surface area (Å²) >= 11 is 0. The third-order valence-electron chi connectivity index (χ3n) is 3.34. The van der Waals surface area contributed by atoms with Gasteiger partial charge in [0.2, 0.25) is 5.91 Å². The molecule has 1 saturated heterocycles. The van der Waals surface area contributed by atoms with Crippen molar-refractivity contribution in [2.24, 2.45) is 0 Å². The van der Waals surface area contributed by atoms with E-state index in [2.05, 4.69) is 10.6 Å². The first kappa shape index (κ1) is 14.4. The summed E-state index contributed by atoms with van der Waals surface area (Å²) in [7, 11) is 0. The Hall–Kier alpha value is -2.04. The van der Waals surface area contributed by atoms with Crippen molar-refractivity contribution in [3.63, 3.8) is 0 Å². The summed E-state index contributed by atoms with van der Waals surface area (Å²) in [5.41, 5.74) is 0.918. The average molecular weight is 276 g/mol. The maximum absolute atomic E-state index is 11.9. The predicted molar refractivity (Wildman–Crippen MR) is 75.0 cm³/mol. The molecule has 1 aliphatic heterocycles. The van der Waals surface area contributed by atoms with Gasteiger partial charge in [-0.3, -0.25) is 4.79 Å². The van der Waals surface area contributed by atoms with Crippen molar-refractivity contribution in [1.82, 2.24) is 10.6 Å². The fourth-order valence-electron chi connectivity index (χ4n) is 2.22. The zero-order valence-corrected chi connectivity index (χ0v) is 11.6. The van der Waals surface area contributed by atoms with Crippen molar-refractivity contribution in [3.05, 3.63) is 35.9 Å². The predicted octanol–water partition coefficient (Wildman–Crippen LogP) is 1.97. The Kier molecular flexibility index (Phi) is 4.98. The van der Waals surface area contributed by atoms with Crippen LogP contribution in [0.4, 0.5) is 4.79 Å². The van der Waals surface area contributed by atoms with Crippen LogP contribution in [0.1, 0.15) is 31.7 Å². The van der Waals surface area contributed by atoms with Crippen LogP contribution in [0.5, 0.6) is 0 Å². The molecule has 2 rings (SSSR count). The molecule has 0 aromatic heterocycles. The molecule has 5 heteroatoms. The van der Waals surface area contributed by atoms with Gasteiger partial charge < -0.3 is 15.4 Å². The van der Waals surface area contributed by atoms with E-state index in [1.54, 1.807) is 0 Å². The summed E-state index contributed by atoms with van der Waals surface area (Å²) in [5, 5.41) is 5.49. The molecule has 1 aromatic carbocycles. The number of amides is 2. The van der Waals surface area contributed by atoms with Crippen LogP contribution in [0.3, 0.4) is 0 Å². The molecule has 0 bridgehead atoms. The molecule has 0 unspecified atom stereocenters. The number of carbonyl (C=O) groups excluding carboxylic acids is 2. The van der Waals surface area contributed by atoms with E-state index in [-0.39, 0.29) is 18.6 Å². The average Bonchev–Trinajstić information content (AvgIpc) is 2.59. The van der Waals surface area contributed by atoms with Crippen LogP contribution in [-0.2, 0) is 16.1 Å². The molecule has 2 N–H and O–H groups in total. The standard InChI is InChI=1S/C15H20N2O3/c1-11-6-5-9-13(14(18)16-11)17-15(19)20-10-12-7-3-2-4-8-12/h2-4,7-8,11,13H,5-6,9-10H2,1H3,(H,16,18)(H,17,19)/t11-,13-/m1/s1. The molecule has 1 fully saturated rings. The Labute approximate surface area is 118 Å². The van der Waals surface area contributed by atoms with Gasteiger partial charge in [-0.05, 0) is 31.7 Å². The normalized spacial score (nSPS) is 22.6. The van der Waals surface area contributed by atoms with Gasteiger partial charge in [0, 0.05) is 6.04 Å². The van der Waals surface area contributed by atoms with Gasteiger partial charge >= 0.3 is 6.09 Å². The molecule has 20 heavy (non-hydrogen) atoms. The van der Waals surface area contributed by atoms with Crippen molar-refractivity contribution in [1.29, 1.82) is 0 Å². The number of nitrogens with one attached hydrogen (secondary N) is 2. The molecule has 108 valence electrons. The zero-order valence-electron chi connectivity index (χ0n) is 11.6. The van der Waals surface area contributed by atoms with E-state index < -0.39 is 12.1 Å². The minimum absolute atomic E-state index is 0.133. The summed E-state index contributed by atoms with van der Waals surface area (Å²) in [6.45, 7) is 2.17. The highest BCUT2D eigenvalue weighted by molar-refractivity contribution is 5.85. The highest BCUT2D eigenvalue weighted by Gasteiger charge is 2.25. The molecule has 0 saturated carbocycles. The second kappa shape index (κ2) is 6.93. The third kappa shape index (κ3) is 4.26. The van der Waals surface area contributed by atoms with Crippen LogP contribution in [0.15, 0.2) is 30.3 Å². The summed E-state index contributed by atoms with van der Waals surface area (Å²) in [6.07, 6.45) is 1.94. The SMILES string of the molecule is C[C@@H]1CCC[C@@H](NC(=O)OCc2ccccc2)C(=O)N1. The number of hydrogen-bond acceptors (Lipinski definition) is 3. The maximum Gasteiger partial charge on any atom is 0.408 e. The Morgan fingerprint density at radius 3 is 2.85 bits per heavy atom. The second-order valence-electron chi connectivity index (χ2n) is 5.10. The van der Waals surface area contributed by atoms with E-state index >= 15 is 0 Å². The van der Waals surface area contributed by atoms with Crippen molar-refractivity contribution >= 4 is 12.0 Å². The van der Waals surface area contributed by atoms with Crippen LogP contribution >= 0.6 is 0 Å². The summed E-state index contributed by atoms with van der Waals surface area (Å²) < 4.78 is 5.12. The minimum atomic E-state index is -0.552. The highest BCUT2D eigenvalue weighted by Crippen LogP contribution is 2.10. The molecule has 2 amide bonds. The maximum atomic E-state index is 11.9. The number of alkyl carbamates (subject to hydrolysis) is 1. The first-order valence-electron chi connectivity index (χ1n) is 6.93. The largest absolute Gasteiger partial charge is 0.445 e. The highest BCUT2D eigenvalue weighted by atomic mass is 16.5. The fraction of sp³-hybridized carbons (Fsp3) is 0.467. The Bertz CT molecular complexity index is 461. The van der Waals surface area contributed by atoms with Crippen LogP contribution in [0.25, 0.3) is 0 Å². The summed E-state index contributed by atoms with van der Waals surface area (Å²) in [4.78, 5) is 23.6. The van der Waals surface area contributed by atoms with Gasteiger partial charge in [-0.25, -0.2) is 4.79 Å². The quantitative estimate of drug-likeness (QED) is 0.887. The van der Waals surface area contributed by atoms with E-state index in [1.165, 1.54) is 0 Å². The lowest BCUT2D eigenvalue weighted by atomic mass is 10.1. The molecule has 1 aliphatic rings. The van der Waals surface area contributed by atoms with Crippen LogP contribution in [0, 0.1) is 0 Å². The number of benzene rings is 1. The second-order valence-corrected chi connectivity index (χ2v) is 5.10. The van der Waals surface area contributed by atoms with E-state index in [0.717, 1.165) is 18.4 Å². The van der Waals surface area contributed by atoms with E-state index in [1.807, 2.05) is 37.3 Å². The lowest BCUT2D eigenvalue weighted by Crippen LogP contribution is -2.47. The van der Waals surface area contributed by atoms with Crippen molar-refractivity contribution in [3.8, 4) is 0 Å². The van der Waals surface area contributed by atoms with Gasteiger partial charge in [0.05, 0.1) is 0 Å². The third-order valence-corrected chi connectivity index (χ3v) is 3.34. The van der Waals surface area contributed by atoms with Crippen molar-refractivity contribution in [2.45, 2.75) is 44.9 Å². The monoisotopic (exact) mass is 276 g/mol. The topological polar surface area (TPSA) is 67.4 Å². The summed E-state index contributed by atoms with van der Waals surface area (Å²) in [5.74, 6) is -0.133. The molecule has 5 nitrogen and oxygen atoms in total. The lowest BCUT2D eigenvalue weighted by Gasteiger charge is -2.16. The zero-order chi connectivity index (χ0) is 14.4. The van der Waals surface area contributed by atoms with Gasteiger partial charge in [-0.2, -0.15) is 0 Å². The van der Waals surface area contributed by atoms with E-state index in [9.17, 15) is 9.59 Å². The number of ether oxygens (including phenoxy) is 1. The molecule has 0 radical (unpaired) electrons. The number of carbonyl (C=O) groups is 2. The first-order chi connectivity index (χ1) is 9.65. The minimum Gasteiger partial charge on any atom is -0.445 e. The van der Waals surface area contributed by atoms with E-state index in [4.69, 9.17) is 4.74 Å². The Morgan fingerprint density at radius 1 is 1.35 bits per heavy atom. The molecule has 0 spiro atoms. The van der Waals surface area contributed by atoms with Gasteiger partial charge in [0.25, 0.3) is 0 Å². The van der Waals surface area contributed by atoms with Gasteiger partial charge in [-0.1, -0.05) is 30.3 Å². The molecular formula is C15H20N2O3. The van der Waals surface area contributed by atoms with Gasteiger partial charge in [-0.15, -0.1) is 0 Å². The lowest BCUT2D eigenvalue weighted by molar-refractivity contribution is -0.123. The molecule has 2 atom stereocenters. The van der Waals surface area contributed by atoms with Crippen LogP contribution < -0.4 is 10.6 Å². The Balaban J connectivity index is 1.80. The first-order valence-corrected chi connectivity index (χ1v) is 6.93. The summed E-state index contributed by atoms with van der Waals surface area (Å²) in [6, 6.07) is 9.10. The van der Waals surface area contributed by atoms with Crippen LogP contribution in [-0.4, -0.2) is 24.1 Å². The molecule has 1 heterocycles. The van der Waals surface area contributed by atoms with Crippen molar-refractivity contribution < 1.29 is 14.3 Å². The van der Waals surface area contributed by atoms with Crippen molar-refractivity contribution in [2.75, 3.05) is 0 Å². The van der Waals surface area contributed by atoms with Crippen LogP contribution in [0.2, 0.25) is 0 Å². The fourth-order valence-corrected chi connectivity index (χ4v) is 2.22. The van der Waals surface area contributed by atoms with Gasteiger partial charge in [0.1, 0.15) is 12.6 Å². The number of rotatable bonds is 3.